The van der Waals surface area contributed by atoms with Crippen molar-refractivity contribution in [3.63, 3.8) is 0 Å². The highest BCUT2D eigenvalue weighted by Crippen LogP contribution is 2.24. The zero-order chi connectivity index (χ0) is 16.7. The number of carbonyl (C=O) groups is 1. The first kappa shape index (κ1) is 14.6. The van der Waals surface area contributed by atoms with Gasteiger partial charge in [0.25, 0.3) is 5.56 Å². The third-order valence-electron chi connectivity index (χ3n) is 4.53. The molecule has 0 bridgehead atoms. The molecule has 0 saturated carbocycles. The number of pyridine rings is 1. The number of aromatic nitrogens is 2. The van der Waals surface area contributed by atoms with Crippen LogP contribution in [0.1, 0.15) is 27.0 Å². The Morgan fingerprint density at radius 3 is 2.71 bits per heavy atom. The number of benzene rings is 1. The van der Waals surface area contributed by atoms with Crippen LogP contribution in [0.4, 0.5) is 5.82 Å². The number of anilines is 1. The Bertz CT molecular complexity index is 1010. The van der Waals surface area contributed by atoms with Crippen LogP contribution in [-0.2, 0) is 13.0 Å². The molecule has 120 valence electrons. The molecule has 0 aliphatic carbocycles. The van der Waals surface area contributed by atoms with E-state index in [4.69, 9.17) is 0 Å². The lowest BCUT2D eigenvalue weighted by atomic mass is 10.00. The van der Waals surface area contributed by atoms with Gasteiger partial charge in [-0.2, -0.15) is 0 Å². The Kier molecular flexibility index (Phi) is 3.41. The van der Waals surface area contributed by atoms with Gasteiger partial charge in [0, 0.05) is 19.3 Å². The minimum absolute atomic E-state index is 0.123. The Morgan fingerprint density at radius 2 is 1.92 bits per heavy atom. The van der Waals surface area contributed by atoms with E-state index < -0.39 is 0 Å². The highest BCUT2D eigenvalue weighted by Gasteiger charge is 2.22. The molecule has 1 aliphatic rings. The molecule has 5 nitrogen and oxygen atoms in total. The quantitative estimate of drug-likeness (QED) is 0.681. The van der Waals surface area contributed by atoms with Gasteiger partial charge in [0.05, 0.1) is 0 Å². The molecule has 5 heteroatoms. The highest BCUT2D eigenvalue weighted by molar-refractivity contribution is 5.83. The van der Waals surface area contributed by atoms with Crippen LogP contribution in [0.15, 0.2) is 47.4 Å². The van der Waals surface area contributed by atoms with Crippen molar-refractivity contribution in [2.75, 3.05) is 11.4 Å². The predicted molar refractivity (Wildman–Crippen MR) is 92.8 cm³/mol. The van der Waals surface area contributed by atoms with Crippen LogP contribution in [0.3, 0.4) is 0 Å². The summed E-state index contributed by atoms with van der Waals surface area (Å²) in [5.74, 6) is 0.480. The highest BCUT2D eigenvalue weighted by atomic mass is 16.1. The first-order chi connectivity index (χ1) is 11.7. The fourth-order valence-electron chi connectivity index (χ4n) is 3.27. The van der Waals surface area contributed by atoms with Crippen molar-refractivity contribution >= 4 is 17.8 Å². The third kappa shape index (κ3) is 2.29. The van der Waals surface area contributed by atoms with Crippen molar-refractivity contribution in [1.82, 2.24) is 9.38 Å². The molecular weight excluding hydrogens is 302 g/mol. The van der Waals surface area contributed by atoms with Crippen LogP contribution in [-0.4, -0.2) is 22.2 Å². The molecule has 0 N–H and O–H groups in total. The van der Waals surface area contributed by atoms with Crippen molar-refractivity contribution in [3.8, 4) is 0 Å². The van der Waals surface area contributed by atoms with Gasteiger partial charge >= 0.3 is 0 Å². The average Bonchev–Trinajstić information content (AvgIpc) is 2.61. The number of aryl methyl sites for hydroxylation is 1. The molecule has 1 aliphatic heterocycles. The van der Waals surface area contributed by atoms with E-state index in [0.29, 0.717) is 24.3 Å². The summed E-state index contributed by atoms with van der Waals surface area (Å²) in [7, 11) is 0. The Morgan fingerprint density at radius 1 is 1.12 bits per heavy atom. The average molecular weight is 319 g/mol. The Labute approximate surface area is 139 Å². The summed E-state index contributed by atoms with van der Waals surface area (Å²) in [5.41, 5.74) is 3.85. The number of hydrogen-bond donors (Lipinski definition) is 0. The minimum atomic E-state index is -0.312. The van der Waals surface area contributed by atoms with E-state index in [1.54, 1.807) is 6.20 Å². The molecule has 3 heterocycles. The molecule has 0 fully saturated rings. The summed E-state index contributed by atoms with van der Waals surface area (Å²) in [6.07, 6.45) is 3.22. The monoisotopic (exact) mass is 319 g/mol. The second-order valence-corrected chi connectivity index (χ2v) is 6.15. The van der Waals surface area contributed by atoms with Crippen LogP contribution >= 0.6 is 0 Å². The molecule has 24 heavy (non-hydrogen) atoms. The molecule has 0 atom stereocenters. The Balaban J connectivity index is 1.87. The minimum Gasteiger partial charge on any atom is -0.351 e. The van der Waals surface area contributed by atoms with Gasteiger partial charge < -0.3 is 4.90 Å². The molecule has 0 unspecified atom stereocenters. The molecule has 2 aromatic heterocycles. The van der Waals surface area contributed by atoms with Crippen LogP contribution in [0.2, 0.25) is 0 Å². The second-order valence-electron chi connectivity index (χ2n) is 6.15. The van der Waals surface area contributed by atoms with Gasteiger partial charge in [0.15, 0.2) is 6.29 Å². The standard InChI is InChI=1S/C19H17N3O2/c1-13-6-7-17-20-18(16(12-23)19(24)22(17)10-13)21-9-8-14-4-2-3-5-15(14)11-21/h2-7,10,12H,8-9,11H2,1H3. The van der Waals surface area contributed by atoms with Crippen molar-refractivity contribution in [2.24, 2.45) is 0 Å². The van der Waals surface area contributed by atoms with Gasteiger partial charge in [0.1, 0.15) is 17.0 Å². The summed E-state index contributed by atoms with van der Waals surface area (Å²) in [4.78, 5) is 30.9. The third-order valence-corrected chi connectivity index (χ3v) is 4.53. The molecule has 4 rings (SSSR count). The smallest absolute Gasteiger partial charge is 0.270 e. The van der Waals surface area contributed by atoms with Gasteiger partial charge in [-0.1, -0.05) is 30.3 Å². The van der Waals surface area contributed by atoms with E-state index in [1.165, 1.54) is 15.5 Å². The number of carbonyl (C=O) groups excluding carboxylic acids is 1. The van der Waals surface area contributed by atoms with Gasteiger partial charge in [-0.15, -0.1) is 0 Å². The lowest BCUT2D eigenvalue weighted by molar-refractivity contribution is 0.112. The molecule has 0 spiro atoms. The van der Waals surface area contributed by atoms with Crippen molar-refractivity contribution < 1.29 is 4.79 Å². The predicted octanol–water partition coefficient (Wildman–Crippen LogP) is 2.38. The van der Waals surface area contributed by atoms with Gasteiger partial charge in [-0.05, 0) is 36.1 Å². The normalized spacial score (nSPS) is 13.8. The lowest BCUT2D eigenvalue weighted by Crippen LogP contribution is -2.34. The molecule has 0 saturated heterocycles. The van der Waals surface area contributed by atoms with Crippen molar-refractivity contribution in [2.45, 2.75) is 19.9 Å². The summed E-state index contributed by atoms with van der Waals surface area (Å²) in [5, 5.41) is 0. The van der Waals surface area contributed by atoms with Crippen LogP contribution in [0.25, 0.3) is 5.65 Å². The number of fused-ring (bicyclic) bond motifs is 2. The zero-order valence-corrected chi connectivity index (χ0v) is 13.4. The van der Waals surface area contributed by atoms with E-state index in [0.717, 1.165) is 18.5 Å². The van der Waals surface area contributed by atoms with E-state index in [9.17, 15) is 9.59 Å². The van der Waals surface area contributed by atoms with E-state index >= 15 is 0 Å². The van der Waals surface area contributed by atoms with E-state index in [-0.39, 0.29) is 11.1 Å². The topological polar surface area (TPSA) is 54.7 Å². The largest absolute Gasteiger partial charge is 0.351 e. The fraction of sp³-hybridized carbons (Fsp3) is 0.211. The first-order valence-electron chi connectivity index (χ1n) is 7.97. The van der Waals surface area contributed by atoms with Crippen LogP contribution < -0.4 is 10.5 Å². The summed E-state index contributed by atoms with van der Waals surface area (Å²) in [6.45, 7) is 3.31. The first-order valence-corrected chi connectivity index (χ1v) is 7.97. The maximum Gasteiger partial charge on any atom is 0.270 e. The summed E-state index contributed by atoms with van der Waals surface area (Å²) in [6, 6.07) is 12.0. The molecule has 0 radical (unpaired) electrons. The number of rotatable bonds is 2. The van der Waals surface area contributed by atoms with Crippen LogP contribution in [0, 0.1) is 6.92 Å². The SMILES string of the molecule is Cc1ccc2nc(N3CCc4ccccc4C3)c(C=O)c(=O)n2c1. The van der Waals surface area contributed by atoms with Crippen molar-refractivity contribution in [1.29, 1.82) is 0 Å². The maximum atomic E-state index is 12.7. The van der Waals surface area contributed by atoms with E-state index in [2.05, 4.69) is 17.1 Å². The van der Waals surface area contributed by atoms with Gasteiger partial charge in [0.2, 0.25) is 0 Å². The zero-order valence-electron chi connectivity index (χ0n) is 13.4. The molecule has 0 amide bonds. The van der Waals surface area contributed by atoms with Gasteiger partial charge in [-0.25, -0.2) is 4.98 Å². The Hall–Kier alpha value is -2.95. The lowest BCUT2D eigenvalue weighted by Gasteiger charge is -2.30. The summed E-state index contributed by atoms with van der Waals surface area (Å²) >= 11 is 0. The van der Waals surface area contributed by atoms with Crippen molar-refractivity contribution in [3.05, 3.63) is 75.2 Å². The fourth-order valence-corrected chi connectivity index (χ4v) is 3.27. The number of aldehydes is 1. The number of nitrogens with zero attached hydrogens (tertiary/aromatic N) is 3. The van der Waals surface area contributed by atoms with E-state index in [1.807, 2.05) is 36.1 Å². The molecular formula is C19H17N3O2. The number of hydrogen-bond acceptors (Lipinski definition) is 4. The van der Waals surface area contributed by atoms with Gasteiger partial charge in [-0.3, -0.25) is 14.0 Å². The maximum absolute atomic E-state index is 12.7. The molecule has 1 aromatic carbocycles. The molecule has 3 aromatic rings. The second kappa shape index (κ2) is 5.60. The summed E-state index contributed by atoms with van der Waals surface area (Å²) < 4.78 is 1.44. The van der Waals surface area contributed by atoms with Crippen LogP contribution in [0.5, 0.6) is 0 Å².